The molecule has 114 valence electrons. The summed E-state index contributed by atoms with van der Waals surface area (Å²) in [5, 5.41) is 8.48. The third-order valence-corrected chi connectivity index (χ3v) is 6.04. The second-order valence-corrected chi connectivity index (χ2v) is 7.69. The van der Waals surface area contributed by atoms with Crippen LogP contribution in [-0.4, -0.2) is 26.0 Å². The van der Waals surface area contributed by atoms with Crippen molar-refractivity contribution in [3.63, 3.8) is 0 Å². The standard InChI is InChI=1S/C13H21NO4S2/c1-2-11-8-9-13(19-11)20(17,18)14-10-6-4-3-5-7-12(15)16/h8-9,14H,2-7,10H2,1H3,(H,15,16). The van der Waals surface area contributed by atoms with E-state index < -0.39 is 16.0 Å². The van der Waals surface area contributed by atoms with Crippen LogP contribution in [0.1, 0.15) is 43.9 Å². The van der Waals surface area contributed by atoms with Crippen molar-refractivity contribution in [2.45, 2.75) is 49.7 Å². The molecular formula is C13H21NO4S2. The summed E-state index contributed by atoms with van der Waals surface area (Å²) < 4.78 is 26.9. The lowest BCUT2D eigenvalue weighted by Crippen LogP contribution is -2.23. The number of sulfonamides is 1. The average Bonchev–Trinajstić information content (AvgIpc) is 2.86. The van der Waals surface area contributed by atoms with Gasteiger partial charge in [0.25, 0.3) is 0 Å². The van der Waals surface area contributed by atoms with Crippen molar-refractivity contribution >= 4 is 27.3 Å². The van der Waals surface area contributed by atoms with E-state index in [-0.39, 0.29) is 6.42 Å². The van der Waals surface area contributed by atoms with Crippen molar-refractivity contribution in [2.75, 3.05) is 6.54 Å². The van der Waals surface area contributed by atoms with Gasteiger partial charge in [-0.25, -0.2) is 13.1 Å². The van der Waals surface area contributed by atoms with Gasteiger partial charge in [-0.15, -0.1) is 11.3 Å². The molecule has 1 heterocycles. The summed E-state index contributed by atoms with van der Waals surface area (Å²) in [6.45, 7) is 2.39. The zero-order valence-corrected chi connectivity index (χ0v) is 13.2. The van der Waals surface area contributed by atoms with E-state index in [1.807, 2.05) is 13.0 Å². The van der Waals surface area contributed by atoms with Gasteiger partial charge < -0.3 is 5.11 Å². The molecular weight excluding hydrogens is 298 g/mol. The van der Waals surface area contributed by atoms with E-state index in [4.69, 9.17) is 5.11 Å². The number of nitrogens with one attached hydrogen (secondary N) is 1. The summed E-state index contributed by atoms with van der Waals surface area (Å²) in [6, 6.07) is 3.48. The Morgan fingerprint density at radius 3 is 2.55 bits per heavy atom. The Kier molecular flexibility index (Phi) is 7.18. The fraction of sp³-hybridized carbons (Fsp3) is 0.615. The Balaban J connectivity index is 2.25. The molecule has 1 rings (SSSR count). The van der Waals surface area contributed by atoms with Crippen LogP contribution in [0, 0.1) is 0 Å². The second-order valence-electron chi connectivity index (χ2n) is 4.53. The number of hydrogen-bond acceptors (Lipinski definition) is 4. The molecule has 7 heteroatoms. The fourth-order valence-corrected chi connectivity index (χ4v) is 4.14. The van der Waals surface area contributed by atoms with E-state index in [2.05, 4.69) is 4.72 Å². The van der Waals surface area contributed by atoms with Gasteiger partial charge >= 0.3 is 5.97 Å². The van der Waals surface area contributed by atoms with Crippen molar-refractivity contribution < 1.29 is 18.3 Å². The number of unbranched alkanes of at least 4 members (excludes halogenated alkanes) is 3. The molecule has 0 saturated heterocycles. The van der Waals surface area contributed by atoms with Gasteiger partial charge in [-0.2, -0.15) is 0 Å². The highest BCUT2D eigenvalue weighted by Gasteiger charge is 2.15. The fourth-order valence-electron chi connectivity index (χ4n) is 1.73. The molecule has 0 aromatic carbocycles. The highest BCUT2D eigenvalue weighted by Crippen LogP contribution is 2.21. The molecule has 1 aromatic heterocycles. The highest BCUT2D eigenvalue weighted by atomic mass is 32.2. The van der Waals surface area contributed by atoms with Crippen molar-refractivity contribution in [3.8, 4) is 0 Å². The molecule has 0 spiro atoms. The predicted molar refractivity (Wildman–Crippen MR) is 79.6 cm³/mol. The molecule has 0 radical (unpaired) electrons. The molecule has 0 aliphatic heterocycles. The van der Waals surface area contributed by atoms with Crippen LogP contribution in [0.5, 0.6) is 0 Å². The van der Waals surface area contributed by atoms with E-state index in [0.717, 1.165) is 30.6 Å². The van der Waals surface area contributed by atoms with Gasteiger partial charge in [0.2, 0.25) is 10.0 Å². The van der Waals surface area contributed by atoms with Crippen LogP contribution in [0.15, 0.2) is 16.3 Å². The van der Waals surface area contributed by atoms with Crippen LogP contribution < -0.4 is 4.72 Å². The van der Waals surface area contributed by atoms with Gasteiger partial charge in [0, 0.05) is 17.8 Å². The maximum Gasteiger partial charge on any atom is 0.303 e. The summed E-state index contributed by atoms with van der Waals surface area (Å²) in [5.74, 6) is -0.782. The normalized spacial score (nSPS) is 11.7. The number of carboxylic acid groups (broad SMARTS) is 1. The lowest BCUT2D eigenvalue weighted by Gasteiger charge is -2.04. The predicted octanol–water partition coefficient (Wildman–Crippen LogP) is 2.62. The molecule has 5 nitrogen and oxygen atoms in total. The van der Waals surface area contributed by atoms with Crippen LogP contribution in [-0.2, 0) is 21.2 Å². The van der Waals surface area contributed by atoms with Gasteiger partial charge in [0.1, 0.15) is 4.21 Å². The molecule has 20 heavy (non-hydrogen) atoms. The van der Waals surface area contributed by atoms with Gasteiger partial charge in [-0.1, -0.05) is 19.8 Å². The van der Waals surface area contributed by atoms with E-state index in [9.17, 15) is 13.2 Å². The monoisotopic (exact) mass is 319 g/mol. The largest absolute Gasteiger partial charge is 0.481 e. The average molecular weight is 319 g/mol. The Morgan fingerprint density at radius 2 is 1.95 bits per heavy atom. The molecule has 0 aliphatic rings. The van der Waals surface area contributed by atoms with Gasteiger partial charge in [0.15, 0.2) is 0 Å². The van der Waals surface area contributed by atoms with Crippen LogP contribution in [0.25, 0.3) is 0 Å². The van der Waals surface area contributed by atoms with E-state index in [1.165, 1.54) is 11.3 Å². The zero-order valence-electron chi connectivity index (χ0n) is 11.6. The van der Waals surface area contributed by atoms with Crippen LogP contribution in [0.4, 0.5) is 0 Å². The molecule has 0 saturated carbocycles. The maximum atomic E-state index is 12.0. The number of aryl methyl sites for hydroxylation is 1. The van der Waals surface area contributed by atoms with Crippen LogP contribution in [0.2, 0.25) is 0 Å². The number of carboxylic acids is 1. The highest BCUT2D eigenvalue weighted by molar-refractivity contribution is 7.91. The number of aliphatic carboxylic acids is 1. The van der Waals surface area contributed by atoms with Gasteiger partial charge in [0.05, 0.1) is 0 Å². The first-order valence-electron chi connectivity index (χ1n) is 6.76. The minimum absolute atomic E-state index is 0.181. The molecule has 1 aromatic rings. The minimum Gasteiger partial charge on any atom is -0.481 e. The molecule has 0 bridgehead atoms. The van der Waals surface area contributed by atoms with Crippen molar-refractivity contribution in [1.82, 2.24) is 4.72 Å². The molecule has 0 amide bonds. The number of hydrogen-bond donors (Lipinski definition) is 2. The molecule has 2 N–H and O–H groups in total. The summed E-state index contributed by atoms with van der Waals surface area (Å²) in [7, 11) is -3.38. The second kappa shape index (κ2) is 8.39. The molecule has 0 fully saturated rings. The third-order valence-electron chi connectivity index (χ3n) is 2.86. The molecule has 0 aliphatic carbocycles. The number of rotatable bonds is 10. The first-order chi connectivity index (χ1) is 9.45. The maximum absolute atomic E-state index is 12.0. The Bertz CT molecular complexity index is 522. The third kappa shape index (κ3) is 6.02. The van der Waals surface area contributed by atoms with Crippen molar-refractivity contribution in [2.24, 2.45) is 0 Å². The summed E-state index contributed by atoms with van der Waals surface area (Å²) in [4.78, 5) is 11.4. The summed E-state index contributed by atoms with van der Waals surface area (Å²) in [6.07, 6.45) is 4.04. The van der Waals surface area contributed by atoms with Gasteiger partial charge in [-0.3, -0.25) is 4.79 Å². The first kappa shape index (κ1) is 17.1. The SMILES string of the molecule is CCc1ccc(S(=O)(=O)NCCCCCCC(=O)O)s1. The lowest BCUT2D eigenvalue weighted by atomic mass is 10.1. The van der Waals surface area contributed by atoms with Crippen LogP contribution >= 0.6 is 11.3 Å². The Morgan fingerprint density at radius 1 is 1.25 bits per heavy atom. The smallest absolute Gasteiger partial charge is 0.303 e. The number of thiophene rings is 1. The Labute approximate surface area is 124 Å². The van der Waals surface area contributed by atoms with Crippen molar-refractivity contribution in [3.05, 3.63) is 17.0 Å². The first-order valence-corrected chi connectivity index (χ1v) is 9.06. The quantitative estimate of drug-likeness (QED) is 0.649. The van der Waals surface area contributed by atoms with E-state index in [1.54, 1.807) is 6.07 Å². The summed E-state index contributed by atoms with van der Waals surface area (Å²) in [5.41, 5.74) is 0. The minimum atomic E-state index is -3.38. The zero-order chi connectivity index (χ0) is 15.0. The van der Waals surface area contributed by atoms with Crippen LogP contribution in [0.3, 0.4) is 0 Å². The number of carbonyl (C=O) groups is 1. The molecule has 0 atom stereocenters. The van der Waals surface area contributed by atoms with Crippen molar-refractivity contribution in [1.29, 1.82) is 0 Å². The summed E-state index contributed by atoms with van der Waals surface area (Å²) >= 11 is 1.30. The van der Waals surface area contributed by atoms with E-state index in [0.29, 0.717) is 17.2 Å². The van der Waals surface area contributed by atoms with Gasteiger partial charge in [-0.05, 0) is 31.4 Å². The topological polar surface area (TPSA) is 83.5 Å². The molecule has 0 unspecified atom stereocenters. The van der Waals surface area contributed by atoms with E-state index >= 15 is 0 Å². The lowest BCUT2D eigenvalue weighted by molar-refractivity contribution is -0.137. The Hall–Kier alpha value is -0.920.